The molecule has 0 unspecified atom stereocenters. The highest BCUT2D eigenvalue weighted by atomic mass is 16.5. The van der Waals surface area contributed by atoms with Crippen molar-refractivity contribution in [3.63, 3.8) is 0 Å². The average molecular weight is 300 g/mol. The fourth-order valence-corrected chi connectivity index (χ4v) is 3.24. The van der Waals surface area contributed by atoms with Gasteiger partial charge in [-0.3, -0.25) is 0 Å². The molecular weight excluding hydrogens is 276 g/mol. The third-order valence-corrected chi connectivity index (χ3v) is 4.55. The zero-order valence-corrected chi connectivity index (χ0v) is 13.9. The molecule has 22 heavy (non-hydrogen) atoms. The van der Waals surface area contributed by atoms with Gasteiger partial charge in [0.2, 0.25) is 0 Å². The van der Waals surface area contributed by atoms with Crippen molar-refractivity contribution in [1.82, 2.24) is 0 Å². The van der Waals surface area contributed by atoms with Gasteiger partial charge in [0, 0.05) is 17.0 Å². The maximum absolute atomic E-state index is 11.9. The van der Waals surface area contributed by atoms with Crippen LogP contribution in [0.3, 0.4) is 0 Å². The van der Waals surface area contributed by atoms with Crippen molar-refractivity contribution in [1.29, 1.82) is 0 Å². The number of rotatable bonds is 3. The first-order valence-corrected chi connectivity index (χ1v) is 8.19. The molecule has 0 aliphatic carbocycles. The SMILES string of the molecule is CCCCc1cc(=O)oc2c(C)c3c(cc12)CCC(C)(C)O3. The molecule has 0 bridgehead atoms. The van der Waals surface area contributed by atoms with E-state index < -0.39 is 0 Å². The van der Waals surface area contributed by atoms with Crippen LogP contribution in [-0.2, 0) is 12.8 Å². The van der Waals surface area contributed by atoms with E-state index in [9.17, 15) is 4.79 Å². The first-order chi connectivity index (χ1) is 10.4. The van der Waals surface area contributed by atoms with Gasteiger partial charge >= 0.3 is 5.63 Å². The van der Waals surface area contributed by atoms with E-state index in [0.29, 0.717) is 5.58 Å². The van der Waals surface area contributed by atoms with Gasteiger partial charge in [-0.25, -0.2) is 4.79 Å². The second-order valence-electron chi connectivity index (χ2n) is 6.92. The van der Waals surface area contributed by atoms with Crippen molar-refractivity contribution >= 4 is 11.0 Å². The molecule has 0 atom stereocenters. The summed E-state index contributed by atoms with van der Waals surface area (Å²) in [5, 5.41) is 1.08. The minimum absolute atomic E-state index is 0.161. The predicted molar refractivity (Wildman–Crippen MR) is 88.9 cm³/mol. The smallest absolute Gasteiger partial charge is 0.336 e. The molecule has 1 aliphatic heterocycles. The van der Waals surface area contributed by atoms with Gasteiger partial charge < -0.3 is 9.15 Å². The first-order valence-electron chi connectivity index (χ1n) is 8.19. The van der Waals surface area contributed by atoms with Gasteiger partial charge in [-0.1, -0.05) is 13.3 Å². The van der Waals surface area contributed by atoms with E-state index in [2.05, 4.69) is 26.8 Å². The molecule has 1 aliphatic rings. The van der Waals surface area contributed by atoms with Crippen LogP contribution in [0.25, 0.3) is 11.0 Å². The van der Waals surface area contributed by atoms with Crippen LogP contribution in [0.15, 0.2) is 21.3 Å². The fourth-order valence-electron chi connectivity index (χ4n) is 3.24. The topological polar surface area (TPSA) is 39.4 Å². The van der Waals surface area contributed by atoms with Gasteiger partial charge in [0.1, 0.15) is 16.9 Å². The lowest BCUT2D eigenvalue weighted by Crippen LogP contribution is -2.33. The predicted octanol–water partition coefficient (Wildman–Crippen LogP) is 4.55. The Morgan fingerprint density at radius 1 is 1.27 bits per heavy atom. The molecule has 3 nitrogen and oxygen atoms in total. The summed E-state index contributed by atoms with van der Waals surface area (Å²) < 4.78 is 11.7. The normalized spacial score (nSPS) is 16.4. The van der Waals surface area contributed by atoms with E-state index in [1.54, 1.807) is 6.07 Å². The maximum atomic E-state index is 11.9. The minimum atomic E-state index is -0.267. The Bertz CT molecular complexity index is 768. The Kier molecular flexibility index (Phi) is 3.75. The number of unbranched alkanes of at least 4 members (excludes halogenated alkanes) is 1. The second-order valence-corrected chi connectivity index (χ2v) is 6.92. The maximum Gasteiger partial charge on any atom is 0.336 e. The van der Waals surface area contributed by atoms with Gasteiger partial charge in [0.25, 0.3) is 0 Å². The van der Waals surface area contributed by atoms with Crippen molar-refractivity contribution in [2.75, 3.05) is 0 Å². The number of ether oxygens (including phenoxy) is 1. The van der Waals surface area contributed by atoms with Crippen LogP contribution in [-0.4, -0.2) is 5.60 Å². The largest absolute Gasteiger partial charge is 0.487 e. The van der Waals surface area contributed by atoms with Crippen LogP contribution in [0.2, 0.25) is 0 Å². The van der Waals surface area contributed by atoms with Crippen molar-refractivity contribution in [3.05, 3.63) is 39.2 Å². The lowest BCUT2D eigenvalue weighted by Gasteiger charge is -2.33. The van der Waals surface area contributed by atoms with Crippen LogP contribution in [0.5, 0.6) is 5.75 Å². The molecule has 0 spiro atoms. The quantitative estimate of drug-likeness (QED) is 0.781. The lowest BCUT2D eigenvalue weighted by atomic mass is 9.90. The van der Waals surface area contributed by atoms with Gasteiger partial charge in [0.15, 0.2) is 0 Å². The molecule has 1 aromatic heterocycles. The third-order valence-electron chi connectivity index (χ3n) is 4.55. The number of fused-ring (bicyclic) bond motifs is 2. The molecule has 0 N–H and O–H groups in total. The minimum Gasteiger partial charge on any atom is -0.487 e. The summed E-state index contributed by atoms with van der Waals surface area (Å²) in [6, 6.07) is 3.82. The van der Waals surface area contributed by atoms with Crippen molar-refractivity contribution < 1.29 is 9.15 Å². The molecule has 3 heteroatoms. The molecule has 3 rings (SSSR count). The summed E-state index contributed by atoms with van der Waals surface area (Å²) in [5.41, 5.74) is 3.55. The van der Waals surface area contributed by atoms with E-state index >= 15 is 0 Å². The first kappa shape index (κ1) is 15.1. The van der Waals surface area contributed by atoms with Gasteiger partial charge in [-0.2, -0.15) is 0 Å². The average Bonchev–Trinajstić information content (AvgIpc) is 2.46. The third kappa shape index (κ3) is 2.65. The molecule has 2 heterocycles. The van der Waals surface area contributed by atoms with Crippen LogP contribution in [0, 0.1) is 6.92 Å². The molecular formula is C19H24O3. The Hall–Kier alpha value is -1.77. The molecule has 0 amide bonds. The molecule has 0 fully saturated rings. The molecule has 0 saturated carbocycles. The zero-order valence-electron chi connectivity index (χ0n) is 13.9. The van der Waals surface area contributed by atoms with Crippen LogP contribution in [0.4, 0.5) is 0 Å². The molecule has 0 saturated heterocycles. The molecule has 0 radical (unpaired) electrons. The van der Waals surface area contributed by atoms with Crippen LogP contribution in [0.1, 0.15) is 56.7 Å². The van der Waals surface area contributed by atoms with Crippen LogP contribution >= 0.6 is 0 Å². The van der Waals surface area contributed by atoms with Crippen molar-refractivity contribution in [2.24, 2.45) is 0 Å². The number of hydrogen-bond donors (Lipinski definition) is 0. The summed E-state index contributed by atoms with van der Waals surface area (Å²) in [5.74, 6) is 0.902. The Balaban J connectivity index is 2.22. The van der Waals surface area contributed by atoms with E-state index in [1.165, 1.54) is 5.56 Å². The number of hydrogen-bond acceptors (Lipinski definition) is 3. The summed E-state index contributed by atoms with van der Waals surface area (Å²) in [4.78, 5) is 11.9. The highest BCUT2D eigenvalue weighted by Gasteiger charge is 2.29. The fraction of sp³-hybridized carbons (Fsp3) is 0.526. The molecule has 2 aromatic rings. The molecule has 118 valence electrons. The second kappa shape index (κ2) is 5.45. The zero-order chi connectivity index (χ0) is 15.9. The summed E-state index contributed by atoms with van der Waals surface area (Å²) in [6.45, 7) is 8.37. The van der Waals surface area contributed by atoms with Gasteiger partial charge in [-0.15, -0.1) is 0 Å². The highest BCUT2D eigenvalue weighted by molar-refractivity contribution is 5.86. The summed E-state index contributed by atoms with van der Waals surface area (Å²) in [7, 11) is 0. The van der Waals surface area contributed by atoms with Gasteiger partial charge in [-0.05, 0) is 63.6 Å². The Labute approximate surface area is 131 Å². The highest BCUT2D eigenvalue weighted by Crippen LogP contribution is 2.40. The Morgan fingerprint density at radius 3 is 2.77 bits per heavy atom. The standard InChI is InChI=1S/C19H24O3/c1-5-6-7-13-11-16(20)21-18-12(2)17-14(10-15(13)18)8-9-19(3,4)22-17/h10-11H,5-9H2,1-4H3. The van der Waals surface area contributed by atoms with Crippen molar-refractivity contribution in [3.8, 4) is 5.75 Å². The number of benzene rings is 1. The number of aryl methyl sites for hydroxylation is 3. The van der Waals surface area contributed by atoms with E-state index in [4.69, 9.17) is 9.15 Å². The van der Waals surface area contributed by atoms with E-state index in [0.717, 1.165) is 54.4 Å². The lowest BCUT2D eigenvalue weighted by molar-refractivity contribution is 0.0838. The summed E-state index contributed by atoms with van der Waals surface area (Å²) in [6.07, 6.45) is 5.13. The van der Waals surface area contributed by atoms with E-state index in [1.807, 2.05) is 6.92 Å². The monoisotopic (exact) mass is 300 g/mol. The van der Waals surface area contributed by atoms with Gasteiger partial charge in [0.05, 0.1) is 0 Å². The molecule has 1 aromatic carbocycles. The van der Waals surface area contributed by atoms with Crippen LogP contribution < -0.4 is 10.4 Å². The Morgan fingerprint density at radius 2 is 2.05 bits per heavy atom. The van der Waals surface area contributed by atoms with Crippen molar-refractivity contribution in [2.45, 2.75) is 65.4 Å². The summed E-state index contributed by atoms with van der Waals surface area (Å²) >= 11 is 0. The van der Waals surface area contributed by atoms with E-state index in [-0.39, 0.29) is 11.2 Å².